The van der Waals surface area contributed by atoms with Crippen molar-refractivity contribution in [3.63, 3.8) is 0 Å². The van der Waals surface area contributed by atoms with Crippen LogP contribution in [0.5, 0.6) is 0 Å². The van der Waals surface area contributed by atoms with Gasteiger partial charge < -0.3 is 5.73 Å². The first-order chi connectivity index (χ1) is 8.46. The van der Waals surface area contributed by atoms with E-state index in [1.54, 1.807) is 23.5 Å². The van der Waals surface area contributed by atoms with Crippen LogP contribution in [0.25, 0.3) is 0 Å². The van der Waals surface area contributed by atoms with Crippen molar-refractivity contribution in [2.75, 3.05) is 0 Å². The molecule has 2 rings (SSSR count). The summed E-state index contributed by atoms with van der Waals surface area (Å²) in [5, 5.41) is 2.04. The van der Waals surface area contributed by atoms with Gasteiger partial charge in [-0.05, 0) is 53.4 Å². The molecule has 96 valence electrons. The second kappa shape index (κ2) is 5.51. The van der Waals surface area contributed by atoms with Crippen molar-refractivity contribution in [3.8, 4) is 0 Å². The third kappa shape index (κ3) is 3.64. The highest BCUT2D eigenvalue weighted by molar-refractivity contribution is 9.10. The van der Waals surface area contributed by atoms with Crippen LogP contribution in [0.2, 0.25) is 0 Å². The lowest BCUT2D eigenvalue weighted by Gasteiger charge is -2.24. The van der Waals surface area contributed by atoms with Crippen LogP contribution < -0.4 is 5.73 Å². The molecular formula is C14H15BrFNS. The first-order valence-corrected chi connectivity index (χ1v) is 7.39. The molecule has 0 radical (unpaired) electrons. The second-order valence-electron chi connectivity index (χ2n) is 4.83. The molecule has 4 heteroatoms. The summed E-state index contributed by atoms with van der Waals surface area (Å²) in [5.74, 6) is -0.179. The highest BCUT2D eigenvalue weighted by Gasteiger charge is 2.22. The van der Waals surface area contributed by atoms with Gasteiger partial charge >= 0.3 is 0 Å². The minimum atomic E-state index is -0.438. The van der Waals surface area contributed by atoms with Crippen LogP contribution in [0.3, 0.4) is 0 Å². The van der Waals surface area contributed by atoms with E-state index in [0.29, 0.717) is 12.0 Å². The van der Waals surface area contributed by atoms with E-state index in [1.807, 2.05) is 18.4 Å². The number of hydrogen-bond donors (Lipinski definition) is 1. The summed E-state index contributed by atoms with van der Waals surface area (Å²) in [6.45, 7) is 1.97. The zero-order valence-electron chi connectivity index (χ0n) is 10.1. The Hall–Kier alpha value is -0.710. The maximum Gasteiger partial charge on any atom is 0.126 e. The Balaban J connectivity index is 2.10. The van der Waals surface area contributed by atoms with Crippen LogP contribution in [0.1, 0.15) is 17.4 Å². The molecule has 1 aromatic heterocycles. The average molecular weight is 328 g/mol. The molecule has 1 atom stereocenters. The van der Waals surface area contributed by atoms with Gasteiger partial charge in [0.25, 0.3) is 0 Å². The first kappa shape index (κ1) is 13.7. The van der Waals surface area contributed by atoms with Gasteiger partial charge in [0.1, 0.15) is 5.82 Å². The number of nitrogens with two attached hydrogens (primary N) is 1. The molecule has 0 saturated carbocycles. The van der Waals surface area contributed by atoms with Gasteiger partial charge in [-0.15, -0.1) is 11.3 Å². The molecule has 0 aliphatic heterocycles. The highest BCUT2D eigenvalue weighted by Crippen LogP contribution is 2.25. The van der Waals surface area contributed by atoms with Gasteiger partial charge in [-0.3, -0.25) is 0 Å². The van der Waals surface area contributed by atoms with E-state index in [4.69, 9.17) is 5.73 Å². The van der Waals surface area contributed by atoms with Gasteiger partial charge in [-0.1, -0.05) is 18.2 Å². The van der Waals surface area contributed by atoms with Crippen molar-refractivity contribution in [2.45, 2.75) is 25.3 Å². The molecule has 0 spiro atoms. The number of benzene rings is 1. The molecular weight excluding hydrogens is 313 g/mol. The summed E-state index contributed by atoms with van der Waals surface area (Å²) < 4.78 is 14.7. The topological polar surface area (TPSA) is 26.0 Å². The van der Waals surface area contributed by atoms with Gasteiger partial charge in [0.15, 0.2) is 0 Å². The van der Waals surface area contributed by atoms with Crippen LogP contribution in [-0.2, 0) is 12.8 Å². The molecule has 2 N–H and O–H groups in total. The molecule has 1 unspecified atom stereocenters. The standard InChI is InChI=1S/C14H15BrFNS/c1-14(17,8-12-6-11(15)9-18-12)7-10-4-2-3-5-13(10)16/h2-6,9H,7-8,17H2,1H3. The first-order valence-electron chi connectivity index (χ1n) is 5.71. The highest BCUT2D eigenvalue weighted by atomic mass is 79.9. The zero-order valence-corrected chi connectivity index (χ0v) is 12.5. The summed E-state index contributed by atoms with van der Waals surface area (Å²) >= 11 is 5.10. The molecule has 1 heterocycles. The third-order valence-corrected chi connectivity index (χ3v) is 4.45. The van der Waals surface area contributed by atoms with Crippen molar-refractivity contribution in [3.05, 3.63) is 56.4 Å². The van der Waals surface area contributed by atoms with Crippen LogP contribution in [-0.4, -0.2) is 5.54 Å². The molecule has 0 fully saturated rings. The van der Waals surface area contributed by atoms with Gasteiger partial charge in [0.05, 0.1) is 0 Å². The van der Waals surface area contributed by atoms with Crippen molar-refractivity contribution in [1.82, 2.24) is 0 Å². The van der Waals surface area contributed by atoms with E-state index in [2.05, 4.69) is 22.0 Å². The number of halogens is 2. The second-order valence-corrected chi connectivity index (χ2v) is 6.74. The van der Waals surface area contributed by atoms with Crippen molar-refractivity contribution < 1.29 is 4.39 Å². The monoisotopic (exact) mass is 327 g/mol. The zero-order chi connectivity index (χ0) is 13.2. The summed E-state index contributed by atoms with van der Waals surface area (Å²) in [7, 11) is 0. The summed E-state index contributed by atoms with van der Waals surface area (Å²) in [6.07, 6.45) is 1.28. The van der Waals surface area contributed by atoms with E-state index in [-0.39, 0.29) is 5.82 Å². The van der Waals surface area contributed by atoms with Gasteiger partial charge in [-0.25, -0.2) is 4.39 Å². The van der Waals surface area contributed by atoms with Gasteiger partial charge in [0.2, 0.25) is 0 Å². The molecule has 0 bridgehead atoms. The smallest absolute Gasteiger partial charge is 0.126 e. The number of thiophene rings is 1. The molecule has 18 heavy (non-hydrogen) atoms. The summed E-state index contributed by atoms with van der Waals surface area (Å²) in [5.41, 5.74) is 6.52. The van der Waals surface area contributed by atoms with Crippen LogP contribution >= 0.6 is 27.3 Å². The van der Waals surface area contributed by atoms with Gasteiger partial charge in [-0.2, -0.15) is 0 Å². The summed E-state index contributed by atoms with van der Waals surface area (Å²) in [4.78, 5) is 1.21. The van der Waals surface area contributed by atoms with E-state index in [9.17, 15) is 4.39 Å². The lowest BCUT2D eigenvalue weighted by Crippen LogP contribution is -2.40. The van der Waals surface area contributed by atoms with Crippen LogP contribution in [0, 0.1) is 5.82 Å². The predicted molar refractivity (Wildman–Crippen MR) is 78.4 cm³/mol. The summed E-state index contributed by atoms with van der Waals surface area (Å²) in [6, 6.07) is 8.88. The number of rotatable bonds is 4. The number of hydrogen-bond acceptors (Lipinski definition) is 2. The lowest BCUT2D eigenvalue weighted by molar-refractivity contribution is 0.454. The van der Waals surface area contributed by atoms with Gasteiger partial charge in [0, 0.05) is 20.3 Å². The Morgan fingerprint density at radius 3 is 2.67 bits per heavy atom. The van der Waals surface area contributed by atoms with Crippen molar-refractivity contribution in [1.29, 1.82) is 0 Å². The molecule has 0 amide bonds. The maximum absolute atomic E-state index is 13.6. The van der Waals surface area contributed by atoms with E-state index in [1.165, 1.54) is 10.9 Å². The Kier molecular flexibility index (Phi) is 4.20. The van der Waals surface area contributed by atoms with Crippen molar-refractivity contribution in [2.24, 2.45) is 5.73 Å². The fraction of sp³-hybridized carbons (Fsp3) is 0.286. The maximum atomic E-state index is 13.6. The minimum Gasteiger partial charge on any atom is -0.325 e. The van der Waals surface area contributed by atoms with Crippen LogP contribution in [0.4, 0.5) is 4.39 Å². The molecule has 0 saturated heterocycles. The normalized spacial score (nSPS) is 14.4. The average Bonchev–Trinajstić information content (AvgIpc) is 2.66. The van der Waals surface area contributed by atoms with Crippen LogP contribution in [0.15, 0.2) is 40.2 Å². The minimum absolute atomic E-state index is 0.179. The Morgan fingerprint density at radius 1 is 1.33 bits per heavy atom. The molecule has 0 aliphatic carbocycles. The third-order valence-electron chi connectivity index (χ3n) is 2.75. The molecule has 1 aromatic carbocycles. The Labute approximate surface area is 119 Å². The lowest BCUT2D eigenvalue weighted by atomic mass is 9.90. The Bertz CT molecular complexity index is 536. The largest absolute Gasteiger partial charge is 0.325 e. The predicted octanol–water partition coefficient (Wildman–Crippen LogP) is 4.15. The fourth-order valence-electron chi connectivity index (χ4n) is 1.98. The van der Waals surface area contributed by atoms with E-state index < -0.39 is 5.54 Å². The van der Waals surface area contributed by atoms with E-state index in [0.717, 1.165) is 10.9 Å². The fourth-order valence-corrected chi connectivity index (χ4v) is 3.63. The molecule has 1 nitrogen and oxygen atoms in total. The Morgan fingerprint density at radius 2 is 2.06 bits per heavy atom. The molecule has 2 aromatic rings. The SMILES string of the molecule is CC(N)(Cc1cc(Br)cs1)Cc1ccccc1F. The quantitative estimate of drug-likeness (QED) is 0.896. The van der Waals surface area contributed by atoms with Crippen molar-refractivity contribution >= 4 is 27.3 Å². The molecule has 0 aliphatic rings. The van der Waals surface area contributed by atoms with E-state index >= 15 is 0 Å².